The Bertz CT molecular complexity index is 166. The molecule has 0 saturated heterocycles. The number of aliphatic hydroxyl groups is 2. The van der Waals surface area contributed by atoms with Gasteiger partial charge < -0.3 is 20.4 Å². The lowest BCUT2D eigenvalue weighted by molar-refractivity contribution is 0.0756. The summed E-state index contributed by atoms with van der Waals surface area (Å²) in [6.07, 6.45) is 1.58. The van der Waals surface area contributed by atoms with Gasteiger partial charge in [0.1, 0.15) is 0 Å². The lowest BCUT2D eigenvalue weighted by Gasteiger charge is -2.24. The van der Waals surface area contributed by atoms with Gasteiger partial charge in [-0.25, -0.2) is 0 Å². The van der Waals surface area contributed by atoms with Gasteiger partial charge in [0.25, 0.3) is 0 Å². The molecule has 0 rings (SSSR count). The van der Waals surface area contributed by atoms with Crippen LogP contribution in [0.3, 0.4) is 0 Å². The van der Waals surface area contributed by atoms with E-state index in [2.05, 4.69) is 5.32 Å². The van der Waals surface area contributed by atoms with Crippen molar-refractivity contribution in [3.63, 3.8) is 0 Å². The number of rotatable bonds is 8. The summed E-state index contributed by atoms with van der Waals surface area (Å²) >= 11 is 1.62. The fourth-order valence-electron chi connectivity index (χ4n) is 1.36. The van der Waals surface area contributed by atoms with E-state index in [1.165, 1.54) is 0 Å². The molecule has 0 radical (unpaired) electrons. The van der Waals surface area contributed by atoms with Gasteiger partial charge in [0, 0.05) is 25.4 Å². The average molecular weight is 236 g/mol. The van der Waals surface area contributed by atoms with Gasteiger partial charge in [-0.2, -0.15) is 11.8 Å². The molecule has 0 amide bonds. The van der Waals surface area contributed by atoms with E-state index >= 15 is 0 Å². The molecule has 92 valence electrons. The molecular formula is C10H24N2O2S. The minimum Gasteiger partial charge on any atom is -0.390 e. The second-order valence-corrected chi connectivity index (χ2v) is 5.34. The number of nitrogens with one attached hydrogen (secondary N) is 1. The zero-order chi connectivity index (χ0) is 11.9. The Morgan fingerprint density at radius 3 is 2.53 bits per heavy atom. The predicted molar refractivity (Wildman–Crippen MR) is 66.4 cm³/mol. The van der Waals surface area contributed by atoms with Crippen molar-refractivity contribution in [2.75, 3.05) is 45.7 Å². The van der Waals surface area contributed by atoms with Gasteiger partial charge in [-0.1, -0.05) is 0 Å². The highest BCUT2D eigenvalue weighted by Gasteiger charge is 2.19. The molecule has 5 heteroatoms. The minimum atomic E-state index is -0.697. The van der Waals surface area contributed by atoms with Crippen LogP contribution in [-0.4, -0.2) is 72.6 Å². The van der Waals surface area contributed by atoms with Crippen molar-refractivity contribution >= 4 is 11.8 Å². The number of nitrogens with zero attached hydrogens (tertiary/aromatic N) is 1. The third-order valence-corrected chi connectivity index (χ3v) is 2.83. The second-order valence-electron chi connectivity index (χ2n) is 4.48. The number of aliphatic hydroxyl groups excluding tert-OH is 1. The quantitative estimate of drug-likeness (QED) is 0.536. The molecule has 2 atom stereocenters. The molecule has 3 N–H and O–H groups in total. The van der Waals surface area contributed by atoms with E-state index in [1.807, 2.05) is 25.3 Å². The third-order valence-electron chi connectivity index (χ3n) is 1.92. The summed E-state index contributed by atoms with van der Waals surface area (Å²) in [5.41, 5.74) is -0.697. The summed E-state index contributed by atoms with van der Waals surface area (Å²) in [6, 6.07) is 0. The largest absolute Gasteiger partial charge is 0.390 e. The zero-order valence-corrected chi connectivity index (χ0v) is 11.0. The normalized spacial score (nSPS) is 17.8. The topological polar surface area (TPSA) is 55.7 Å². The van der Waals surface area contributed by atoms with E-state index in [4.69, 9.17) is 0 Å². The Morgan fingerprint density at radius 1 is 1.47 bits per heavy atom. The maximum Gasteiger partial charge on any atom is 0.0833 e. The molecule has 0 aromatic heterocycles. The molecule has 2 unspecified atom stereocenters. The number of hydrogen-bond acceptors (Lipinski definition) is 5. The van der Waals surface area contributed by atoms with Gasteiger partial charge >= 0.3 is 0 Å². The first kappa shape index (κ1) is 15.2. The minimum absolute atomic E-state index is 0.384. The Balaban J connectivity index is 3.60. The molecule has 0 saturated carbocycles. The second kappa shape index (κ2) is 7.46. The van der Waals surface area contributed by atoms with Crippen molar-refractivity contribution in [1.82, 2.24) is 10.2 Å². The molecule has 0 heterocycles. The highest BCUT2D eigenvalue weighted by Crippen LogP contribution is 2.08. The van der Waals surface area contributed by atoms with Gasteiger partial charge in [0.2, 0.25) is 0 Å². The van der Waals surface area contributed by atoms with Crippen LogP contribution < -0.4 is 5.32 Å². The smallest absolute Gasteiger partial charge is 0.0833 e. The highest BCUT2D eigenvalue weighted by atomic mass is 32.2. The summed E-state index contributed by atoms with van der Waals surface area (Å²) in [5.74, 6) is 0.698. The maximum atomic E-state index is 9.83. The van der Waals surface area contributed by atoms with Crippen molar-refractivity contribution < 1.29 is 10.2 Å². The molecule has 4 nitrogen and oxygen atoms in total. The van der Waals surface area contributed by atoms with Crippen LogP contribution in [0.4, 0.5) is 0 Å². The summed E-state index contributed by atoms with van der Waals surface area (Å²) in [5, 5.41) is 22.5. The molecule has 0 aliphatic rings. The number of hydrogen-bond donors (Lipinski definition) is 3. The molecule has 0 aromatic rings. The Labute approximate surface area is 97.0 Å². The van der Waals surface area contributed by atoms with Gasteiger partial charge in [0.05, 0.1) is 11.7 Å². The monoisotopic (exact) mass is 236 g/mol. The fourth-order valence-corrected chi connectivity index (χ4v) is 2.08. The van der Waals surface area contributed by atoms with Gasteiger partial charge in [-0.15, -0.1) is 0 Å². The van der Waals surface area contributed by atoms with Crippen LogP contribution in [0.25, 0.3) is 0 Å². The molecular weight excluding hydrogens is 212 g/mol. The van der Waals surface area contributed by atoms with Gasteiger partial charge in [-0.05, 0) is 27.3 Å². The first-order valence-electron chi connectivity index (χ1n) is 5.12. The van der Waals surface area contributed by atoms with E-state index in [9.17, 15) is 10.2 Å². The summed E-state index contributed by atoms with van der Waals surface area (Å²) in [4.78, 5) is 1.94. The Kier molecular flexibility index (Phi) is 7.56. The Morgan fingerprint density at radius 2 is 2.07 bits per heavy atom. The van der Waals surface area contributed by atoms with Crippen LogP contribution in [-0.2, 0) is 0 Å². The van der Waals surface area contributed by atoms with E-state index in [-0.39, 0.29) is 6.10 Å². The van der Waals surface area contributed by atoms with Crippen LogP contribution >= 0.6 is 11.8 Å². The van der Waals surface area contributed by atoms with E-state index < -0.39 is 5.60 Å². The summed E-state index contributed by atoms with van der Waals surface area (Å²) in [6.45, 7) is 3.47. The van der Waals surface area contributed by atoms with Gasteiger partial charge in [0.15, 0.2) is 0 Å². The van der Waals surface area contributed by atoms with Crippen LogP contribution in [0.1, 0.15) is 6.92 Å². The molecule has 0 aliphatic heterocycles. The van der Waals surface area contributed by atoms with Crippen molar-refractivity contribution in [3.8, 4) is 0 Å². The zero-order valence-electron chi connectivity index (χ0n) is 10.2. The van der Waals surface area contributed by atoms with Crippen molar-refractivity contribution in [2.24, 2.45) is 0 Å². The van der Waals surface area contributed by atoms with Crippen molar-refractivity contribution in [1.29, 1.82) is 0 Å². The van der Waals surface area contributed by atoms with Crippen molar-refractivity contribution in [2.45, 2.75) is 18.6 Å². The molecule has 0 fully saturated rings. The lowest BCUT2D eigenvalue weighted by atomic mass is 10.1. The van der Waals surface area contributed by atoms with Crippen LogP contribution in [0.5, 0.6) is 0 Å². The van der Waals surface area contributed by atoms with Crippen LogP contribution in [0.2, 0.25) is 0 Å². The van der Waals surface area contributed by atoms with E-state index in [1.54, 1.807) is 18.7 Å². The number of thioether (sulfide) groups is 1. The van der Waals surface area contributed by atoms with E-state index in [0.717, 1.165) is 0 Å². The summed E-state index contributed by atoms with van der Waals surface area (Å²) in [7, 11) is 3.85. The fraction of sp³-hybridized carbons (Fsp3) is 1.00. The van der Waals surface area contributed by atoms with Crippen LogP contribution in [0.15, 0.2) is 0 Å². The molecule has 0 spiro atoms. The predicted octanol–water partition coefficient (Wildman–Crippen LogP) is -0.387. The highest BCUT2D eigenvalue weighted by molar-refractivity contribution is 7.98. The Hall–Kier alpha value is 0.190. The molecule has 0 aromatic carbocycles. The average Bonchev–Trinajstić information content (AvgIpc) is 2.01. The standard InChI is InChI=1S/C10H24N2O2S/c1-10(14,8-15-4)7-11-5-9(13)6-12(2)3/h9,11,13-14H,5-8H2,1-4H3. The molecule has 15 heavy (non-hydrogen) atoms. The lowest BCUT2D eigenvalue weighted by Crippen LogP contribution is -2.44. The van der Waals surface area contributed by atoms with E-state index in [0.29, 0.717) is 25.4 Å². The summed E-state index contributed by atoms with van der Waals surface area (Å²) < 4.78 is 0. The third kappa shape index (κ3) is 9.14. The number of likely N-dealkylation sites (N-methyl/N-ethyl adjacent to an activating group) is 1. The molecule has 0 bridgehead atoms. The first-order chi connectivity index (χ1) is 6.87. The van der Waals surface area contributed by atoms with Crippen molar-refractivity contribution in [3.05, 3.63) is 0 Å². The van der Waals surface area contributed by atoms with Gasteiger partial charge in [-0.3, -0.25) is 0 Å². The molecule has 0 aliphatic carbocycles. The SMILES string of the molecule is CSCC(C)(O)CNCC(O)CN(C)C. The van der Waals surface area contributed by atoms with Crippen LogP contribution in [0, 0.1) is 0 Å². The maximum absolute atomic E-state index is 9.83. The first-order valence-corrected chi connectivity index (χ1v) is 6.51.